The van der Waals surface area contributed by atoms with Crippen molar-refractivity contribution in [1.29, 1.82) is 0 Å². The van der Waals surface area contributed by atoms with Crippen molar-refractivity contribution in [2.24, 2.45) is 16.7 Å². The van der Waals surface area contributed by atoms with E-state index in [0.29, 0.717) is 5.56 Å². The largest absolute Gasteiger partial charge is 0.459 e. The zero-order valence-corrected chi connectivity index (χ0v) is 24.8. The molecule has 0 fully saturated rings. The average molecular weight is 511 g/mol. The standard InChI is InChI=1S/C30H40O5.C2H6/c1-20(30(10,25(32)34-27(2,3)4)26(33)35-28(5,6)7)29(8,9)24(31)23-18-16-22(17-19-23)21-14-12-11-13-15-21;1-2/h11-20H,1-10H3;1-2H3. The van der Waals surface area contributed by atoms with Crippen molar-refractivity contribution >= 4 is 17.7 Å². The van der Waals surface area contributed by atoms with Crippen molar-refractivity contribution in [1.82, 2.24) is 0 Å². The molecule has 5 heteroatoms. The topological polar surface area (TPSA) is 69.7 Å². The number of hydrogen-bond donors (Lipinski definition) is 0. The highest BCUT2D eigenvalue weighted by Gasteiger charge is 2.57. The summed E-state index contributed by atoms with van der Waals surface area (Å²) in [4.78, 5) is 40.6. The van der Waals surface area contributed by atoms with E-state index in [4.69, 9.17) is 9.47 Å². The summed E-state index contributed by atoms with van der Waals surface area (Å²) in [5, 5.41) is 0. The third kappa shape index (κ3) is 8.02. The smallest absolute Gasteiger partial charge is 0.324 e. The average Bonchev–Trinajstić information content (AvgIpc) is 2.82. The fourth-order valence-electron chi connectivity index (χ4n) is 3.94. The number of carbonyl (C=O) groups excluding carboxylic acids is 3. The Bertz CT molecular complexity index is 1020. The Kier molecular flexibility index (Phi) is 10.5. The maximum absolute atomic E-state index is 13.7. The number of rotatable bonds is 7. The third-order valence-corrected chi connectivity index (χ3v) is 6.43. The molecule has 0 bridgehead atoms. The van der Waals surface area contributed by atoms with Gasteiger partial charge in [-0.15, -0.1) is 0 Å². The van der Waals surface area contributed by atoms with Crippen LogP contribution in [-0.2, 0) is 19.1 Å². The molecule has 0 saturated heterocycles. The molecule has 1 unspecified atom stereocenters. The molecular weight excluding hydrogens is 464 g/mol. The molecule has 0 heterocycles. The molecule has 0 spiro atoms. The van der Waals surface area contributed by atoms with E-state index < -0.39 is 39.9 Å². The zero-order valence-electron chi connectivity index (χ0n) is 24.8. The number of ether oxygens (including phenoxy) is 2. The van der Waals surface area contributed by atoms with Gasteiger partial charge in [-0.05, 0) is 65.5 Å². The first-order valence-electron chi connectivity index (χ1n) is 13.1. The molecule has 0 aromatic heterocycles. The summed E-state index contributed by atoms with van der Waals surface area (Å²) in [7, 11) is 0. The number of carbonyl (C=O) groups is 3. The van der Waals surface area contributed by atoms with Gasteiger partial charge < -0.3 is 9.47 Å². The molecule has 2 rings (SSSR count). The van der Waals surface area contributed by atoms with Gasteiger partial charge in [-0.2, -0.15) is 0 Å². The lowest BCUT2D eigenvalue weighted by atomic mass is 9.62. The first kappa shape index (κ1) is 32.1. The second-order valence-electron chi connectivity index (χ2n) is 11.9. The van der Waals surface area contributed by atoms with Crippen LogP contribution in [0.4, 0.5) is 0 Å². The maximum atomic E-state index is 13.7. The van der Waals surface area contributed by atoms with Crippen molar-refractivity contribution < 1.29 is 23.9 Å². The fraction of sp³-hybridized carbons (Fsp3) is 0.531. The quantitative estimate of drug-likeness (QED) is 0.215. The van der Waals surface area contributed by atoms with E-state index in [1.807, 2.05) is 56.3 Å². The minimum Gasteiger partial charge on any atom is -0.459 e. The summed E-state index contributed by atoms with van der Waals surface area (Å²) in [6.45, 7) is 21.3. The van der Waals surface area contributed by atoms with E-state index in [9.17, 15) is 14.4 Å². The molecule has 0 N–H and O–H groups in total. The van der Waals surface area contributed by atoms with Gasteiger partial charge in [0, 0.05) is 11.0 Å². The summed E-state index contributed by atoms with van der Waals surface area (Å²) in [6, 6.07) is 17.3. The van der Waals surface area contributed by atoms with Crippen molar-refractivity contribution in [3.8, 4) is 11.1 Å². The van der Waals surface area contributed by atoms with E-state index in [0.717, 1.165) is 11.1 Å². The van der Waals surface area contributed by atoms with Gasteiger partial charge in [-0.3, -0.25) is 14.4 Å². The van der Waals surface area contributed by atoms with Gasteiger partial charge in [-0.25, -0.2) is 0 Å². The maximum Gasteiger partial charge on any atom is 0.324 e. The SMILES string of the molecule is CC.CC(C(C)(C)C(=O)c1ccc(-c2ccccc2)cc1)C(C)(C(=O)OC(C)(C)C)C(=O)OC(C)(C)C. The van der Waals surface area contributed by atoms with Gasteiger partial charge in [0.15, 0.2) is 11.2 Å². The van der Waals surface area contributed by atoms with Gasteiger partial charge >= 0.3 is 11.9 Å². The Labute approximate surface area is 224 Å². The Balaban J connectivity index is 0.00000334. The molecule has 0 aliphatic carbocycles. The van der Waals surface area contributed by atoms with Crippen LogP contribution in [0.1, 0.15) is 93.4 Å². The lowest BCUT2D eigenvalue weighted by Gasteiger charge is -2.42. The van der Waals surface area contributed by atoms with Crippen LogP contribution in [0.5, 0.6) is 0 Å². The van der Waals surface area contributed by atoms with Crippen molar-refractivity contribution in [3.05, 3.63) is 60.2 Å². The second-order valence-corrected chi connectivity index (χ2v) is 11.9. The first-order chi connectivity index (χ1) is 16.9. The summed E-state index contributed by atoms with van der Waals surface area (Å²) in [5.74, 6) is -2.29. The van der Waals surface area contributed by atoms with E-state index in [1.54, 1.807) is 74.4 Å². The molecular formula is C32H46O5. The lowest BCUT2D eigenvalue weighted by molar-refractivity contribution is -0.190. The second kappa shape index (κ2) is 12.1. The highest BCUT2D eigenvalue weighted by molar-refractivity contribution is 6.04. The number of ketones is 1. The van der Waals surface area contributed by atoms with Gasteiger partial charge in [0.1, 0.15) is 11.2 Å². The van der Waals surface area contributed by atoms with Crippen LogP contribution in [0, 0.1) is 16.7 Å². The predicted molar refractivity (Wildman–Crippen MR) is 150 cm³/mol. The molecule has 0 radical (unpaired) electrons. The van der Waals surface area contributed by atoms with E-state index in [-0.39, 0.29) is 5.78 Å². The molecule has 0 aliphatic rings. The zero-order chi connectivity index (χ0) is 28.8. The molecule has 204 valence electrons. The highest BCUT2D eigenvalue weighted by atomic mass is 16.6. The van der Waals surface area contributed by atoms with Crippen LogP contribution >= 0.6 is 0 Å². The summed E-state index contributed by atoms with van der Waals surface area (Å²) < 4.78 is 11.3. The summed E-state index contributed by atoms with van der Waals surface area (Å²) in [6.07, 6.45) is 0. The molecule has 0 amide bonds. The minimum absolute atomic E-state index is 0.164. The number of hydrogen-bond acceptors (Lipinski definition) is 5. The van der Waals surface area contributed by atoms with Crippen LogP contribution in [0.2, 0.25) is 0 Å². The normalized spacial score (nSPS) is 13.1. The monoisotopic (exact) mass is 510 g/mol. The molecule has 1 atom stereocenters. The van der Waals surface area contributed by atoms with Gasteiger partial charge in [-0.1, -0.05) is 89.2 Å². The highest BCUT2D eigenvalue weighted by Crippen LogP contribution is 2.45. The molecule has 2 aromatic carbocycles. The van der Waals surface area contributed by atoms with Crippen molar-refractivity contribution in [2.45, 2.75) is 94.3 Å². The summed E-state index contributed by atoms with van der Waals surface area (Å²) in [5.41, 5.74) is -1.80. The van der Waals surface area contributed by atoms with Crippen LogP contribution in [0.25, 0.3) is 11.1 Å². The Hall–Kier alpha value is -2.95. The third-order valence-electron chi connectivity index (χ3n) is 6.43. The van der Waals surface area contributed by atoms with Gasteiger partial charge in [0.05, 0.1) is 0 Å². The van der Waals surface area contributed by atoms with Crippen molar-refractivity contribution in [2.75, 3.05) is 0 Å². The van der Waals surface area contributed by atoms with Crippen molar-refractivity contribution in [3.63, 3.8) is 0 Å². The Morgan fingerprint density at radius 1 is 0.622 bits per heavy atom. The van der Waals surface area contributed by atoms with Gasteiger partial charge in [0.2, 0.25) is 0 Å². The number of esters is 2. The molecule has 5 nitrogen and oxygen atoms in total. The Morgan fingerprint density at radius 3 is 1.38 bits per heavy atom. The van der Waals surface area contributed by atoms with Crippen LogP contribution in [-0.4, -0.2) is 28.9 Å². The summed E-state index contributed by atoms with van der Waals surface area (Å²) >= 11 is 0. The molecule has 2 aromatic rings. The van der Waals surface area contributed by atoms with Crippen LogP contribution in [0.3, 0.4) is 0 Å². The van der Waals surface area contributed by atoms with E-state index >= 15 is 0 Å². The molecule has 0 aliphatic heterocycles. The number of benzene rings is 2. The van der Waals surface area contributed by atoms with E-state index in [1.165, 1.54) is 6.92 Å². The molecule has 37 heavy (non-hydrogen) atoms. The van der Waals surface area contributed by atoms with Crippen LogP contribution in [0.15, 0.2) is 54.6 Å². The molecule has 0 saturated carbocycles. The first-order valence-corrected chi connectivity index (χ1v) is 13.1. The fourth-order valence-corrected chi connectivity index (χ4v) is 3.94. The number of Topliss-reactive ketones (excluding diaryl/α,β-unsaturated/α-hetero) is 1. The van der Waals surface area contributed by atoms with Gasteiger partial charge in [0.25, 0.3) is 0 Å². The lowest BCUT2D eigenvalue weighted by Crippen LogP contribution is -2.53. The van der Waals surface area contributed by atoms with Crippen LogP contribution < -0.4 is 0 Å². The predicted octanol–water partition coefficient (Wildman–Crippen LogP) is 7.91. The van der Waals surface area contributed by atoms with E-state index in [2.05, 4.69) is 0 Å². The Morgan fingerprint density at radius 2 is 1.00 bits per heavy atom. The minimum atomic E-state index is -1.69.